The van der Waals surface area contributed by atoms with Crippen molar-refractivity contribution in [1.29, 1.82) is 0 Å². The lowest BCUT2D eigenvalue weighted by Gasteiger charge is -2.24. The van der Waals surface area contributed by atoms with E-state index in [-0.39, 0.29) is 11.3 Å². The maximum atomic E-state index is 11.0. The van der Waals surface area contributed by atoms with Crippen molar-refractivity contribution in [2.24, 2.45) is 0 Å². The van der Waals surface area contributed by atoms with Crippen LogP contribution < -0.4 is 4.90 Å². The second-order valence-electron chi connectivity index (χ2n) is 4.68. The molecule has 1 N–H and O–H groups in total. The Morgan fingerprint density at radius 3 is 2.75 bits per heavy atom. The summed E-state index contributed by atoms with van der Waals surface area (Å²) in [6.07, 6.45) is 2.08. The highest BCUT2D eigenvalue weighted by Gasteiger charge is 2.30. The third-order valence-corrected chi connectivity index (χ3v) is 3.26. The zero-order chi connectivity index (χ0) is 14.7. The molecule has 0 heterocycles. The number of nitro groups is 1. The average Bonchev–Trinajstić information content (AvgIpc) is 3.23. The molecule has 1 fully saturated rings. The number of aromatic carboxylic acids is 1. The average molecular weight is 280 g/mol. The Morgan fingerprint density at radius 1 is 1.55 bits per heavy atom. The number of hydrogen-bond acceptors (Lipinski definition) is 5. The van der Waals surface area contributed by atoms with Crippen LogP contribution in [0.2, 0.25) is 0 Å². The number of nitrogens with zero attached hydrogens (tertiary/aromatic N) is 2. The fourth-order valence-electron chi connectivity index (χ4n) is 2.13. The van der Waals surface area contributed by atoms with Crippen LogP contribution in [0.15, 0.2) is 18.2 Å². The fourth-order valence-corrected chi connectivity index (χ4v) is 2.13. The van der Waals surface area contributed by atoms with Crippen LogP contribution in [0.25, 0.3) is 0 Å². The number of methoxy groups -OCH3 is 1. The van der Waals surface area contributed by atoms with Crippen LogP contribution in [0.4, 0.5) is 11.4 Å². The van der Waals surface area contributed by atoms with Crippen molar-refractivity contribution in [2.45, 2.75) is 18.9 Å². The van der Waals surface area contributed by atoms with Gasteiger partial charge in [-0.2, -0.15) is 0 Å². The number of hydrogen-bond donors (Lipinski definition) is 1. The second kappa shape index (κ2) is 5.87. The van der Waals surface area contributed by atoms with Gasteiger partial charge in [-0.1, -0.05) is 0 Å². The molecule has 1 aliphatic carbocycles. The van der Waals surface area contributed by atoms with Gasteiger partial charge >= 0.3 is 5.97 Å². The normalized spacial score (nSPS) is 14.1. The van der Waals surface area contributed by atoms with Gasteiger partial charge in [-0.25, -0.2) is 4.79 Å². The molecule has 2 rings (SSSR count). The third kappa shape index (κ3) is 3.05. The summed E-state index contributed by atoms with van der Waals surface area (Å²) in [5, 5.41) is 20.0. The number of carboxylic acids is 1. The van der Waals surface area contributed by atoms with Crippen molar-refractivity contribution in [2.75, 3.05) is 25.2 Å². The number of ether oxygens (including phenoxy) is 1. The van der Waals surface area contributed by atoms with Gasteiger partial charge in [0.2, 0.25) is 0 Å². The Balaban J connectivity index is 2.33. The first-order chi connectivity index (χ1) is 9.54. The quantitative estimate of drug-likeness (QED) is 0.605. The monoisotopic (exact) mass is 280 g/mol. The Morgan fingerprint density at radius 2 is 2.25 bits per heavy atom. The summed E-state index contributed by atoms with van der Waals surface area (Å²) >= 11 is 0. The summed E-state index contributed by atoms with van der Waals surface area (Å²) in [7, 11) is 1.60. The Bertz CT molecular complexity index is 527. The molecular weight excluding hydrogens is 264 g/mol. The zero-order valence-electron chi connectivity index (χ0n) is 11.1. The number of benzene rings is 1. The van der Waals surface area contributed by atoms with E-state index in [2.05, 4.69) is 0 Å². The van der Waals surface area contributed by atoms with Gasteiger partial charge in [0.15, 0.2) is 0 Å². The lowest BCUT2D eigenvalue weighted by molar-refractivity contribution is -0.385. The number of carboxylic acid groups (broad SMARTS) is 1. The van der Waals surface area contributed by atoms with Gasteiger partial charge in [-0.05, 0) is 25.0 Å². The molecule has 0 atom stereocenters. The molecular formula is C13H16N2O5. The summed E-state index contributed by atoms with van der Waals surface area (Å²) in [6.45, 7) is 1.15. The smallest absolute Gasteiger partial charge is 0.342 e. The van der Waals surface area contributed by atoms with Crippen molar-refractivity contribution in [3.63, 3.8) is 0 Å². The predicted octanol–water partition coefficient (Wildman–Crippen LogP) is 1.91. The minimum Gasteiger partial charge on any atom is -0.477 e. The summed E-state index contributed by atoms with van der Waals surface area (Å²) in [6, 6.07) is 4.60. The molecule has 0 radical (unpaired) electrons. The van der Waals surface area contributed by atoms with Crippen LogP contribution in [-0.2, 0) is 4.74 Å². The van der Waals surface area contributed by atoms with E-state index in [9.17, 15) is 14.9 Å². The first kappa shape index (κ1) is 14.3. The number of anilines is 1. The first-order valence-corrected chi connectivity index (χ1v) is 6.32. The minimum atomic E-state index is -1.29. The van der Waals surface area contributed by atoms with Crippen molar-refractivity contribution in [3.8, 4) is 0 Å². The Hall–Kier alpha value is -2.15. The molecule has 1 aromatic carbocycles. The van der Waals surface area contributed by atoms with Crippen LogP contribution in [0.5, 0.6) is 0 Å². The standard InChI is InChI=1S/C13H16N2O5/c1-20-7-6-14(9-2-3-9)10-4-5-11(13(16)17)12(8-10)15(18)19/h4-5,8-9H,2-3,6-7H2,1H3,(H,16,17). The minimum absolute atomic E-state index is 0.291. The molecule has 1 saturated carbocycles. The van der Waals surface area contributed by atoms with Gasteiger partial charge in [0, 0.05) is 31.5 Å². The highest BCUT2D eigenvalue weighted by atomic mass is 16.6. The van der Waals surface area contributed by atoms with E-state index in [0.29, 0.717) is 24.9 Å². The van der Waals surface area contributed by atoms with Crippen molar-refractivity contribution >= 4 is 17.3 Å². The van der Waals surface area contributed by atoms with E-state index in [1.807, 2.05) is 4.90 Å². The second-order valence-corrected chi connectivity index (χ2v) is 4.68. The van der Waals surface area contributed by atoms with Gasteiger partial charge in [0.1, 0.15) is 5.56 Å². The fraction of sp³-hybridized carbons (Fsp3) is 0.462. The Kier molecular flexibility index (Phi) is 4.19. The number of rotatable bonds is 7. The molecule has 1 aromatic rings. The topological polar surface area (TPSA) is 92.9 Å². The van der Waals surface area contributed by atoms with E-state index in [1.54, 1.807) is 13.2 Å². The van der Waals surface area contributed by atoms with Crippen LogP contribution in [0.3, 0.4) is 0 Å². The van der Waals surface area contributed by atoms with E-state index in [0.717, 1.165) is 12.8 Å². The molecule has 0 saturated heterocycles. The lowest BCUT2D eigenvalue weighted by atomic mass is 10.1. The van der Waals surface area contributed by atoms with Gasteiger partial charge in [-0.15, -0.1) is 0 Å². The SMILES string of the molecule is COCCN(c1ccc(C(=O)O)c([N+](=O)[O-])c1)C1CC1. The molecule has 0 bridgehead atoms. The molecule has 108 valence electrons. The number of carbonyl (C=O) groups is 1. The van der Waals surface area contributed by atoms with Crippen LogP contribution in [-0.4, -0.2) is 42.3 Å². The van der Waals surface area contributed by atoms with Crippen LogP contribution in [0.1, 0.15) is 23.2 Å². The predicted molar refractivity (Wildman–Crippen MR) is 72.3 cm³/mol. The molecule has 0 aliphatic heterocycles. The largest absolute Gasteiger partial charge is 0.477 e. The molecule has 0 spiro atoms. The maximum absolute atomic E-state index is 11.0. The summed E-state index contributed by atoms with van der Waals surface area (Å²) < 4.78 is 5.04. The first-order valence-electron chi connectivity index (χ1n) is 6.32. The highest BCUT2D eigenvalue weighted by molar-refractivity contribution is 5.93. The summed E-state index contributed by atoms with van der Waals surface area (Å²) in [4.78, 5) is 23.4. The maximum Gasteiger partial charge on any atom is 0.342 e. The molecule has 0 amide bonds. The van der Waals surface area contributed by atoms with Gasteiger partial charge in [-0.3, -0.25) is 10.1 Å². The van der Waals surface area contributed by atoms with Crippen molar-refractivity contribution < 1.29 is 19.6 Å². The van der Waals surface area contributed by atoms with Gasteiger partial charge in [0.25, 0.3) is 5.69 Å². The number of nitro benzene ring substituents is 1. The molecule has 7 nitrogen and oxygen atoms in total. The van der Waals surface area contributed by atoms with E-state index < -0.39 is 10.9 Å². The molecule has 0 unspecified atom stereocenters. The summed E-state index contributed by atoms with van der Waals surface area (Å²) in [5.41, 5.74) is 0.000514. The molecule has 1 aliphatic rings. The van der Waals surface area contributed by atoms with Gasteiger partial charge < -0.3 is 14.7 Å². The van der Waals surface area contributed by atoms with Gasteiger partial charge in [0.05, 0.1) is 11.5 Å². The summed E-state index contributed by atoms with van der Waals surface area (Å²) in [5.74, 6) is -1.29. The third-order valence-electron chi connectivity index (χ3n) is 3.26. The van der Waals surface area contributed by atoms with Crippen LogP contribution in [0, 0.1) is 10.1 Å². The van der Waals surface area contributed by atoms with E-state index >= 15 is 0 Å². The van der Waals surface area contributed by atoms with Crippen molar-refractivity contribution in [3.05, 3.63) is 33.9 Å². The molecule has 0 aromatic heterocycles. The molecule has 7 heteroatoms. The van der Waals surface area contributed by atoms with E-state index in [4.69, 9.17) is 9.84 Å². The van der Waals surface area contributed by atoms with Crippen LogP contribution >= 0.6 is 0 Å². The lowest BCUT2D eigenvalue weighted by Crippen LogP contribution is -2.29. The highest BCUT2D eigenvalue weighted by Crippen LogP contribution is 2.34. The van der Waals surface area contributed by atoms with Crippen molar-refractivity contribution in [1.82, 2.24) is 0 Å². The molecule has 20 heavy (non-hydrogen) atoms. The zero-order valence-corrected chi connectivity index (χ0v) is 11.1. The van der Waals surface area contributed by atoms with E-state index in [1.165, 1.54) is 12.1 Å². The Labute approximate surface area is 115 Å².